The zero-order valence-corrected chi connectivity index (χ0v) is 16.7. The molecule has 0 bridgehead atoms. The number of Topliss-reactive ketones (excluding diaryl/α,β-unsaturated/α-hetero) is 1. The number of ketones is 2. The first-order chi connectivity index (χ1) is 12.2. The lowest BCUT2D eigenvalue weighted by atomic mass is 9.47. The molecule has 5 atom stereocenters. The number of hydrogen-bond acceptors (Lipinski definition) is 3. The molecule has 26 heavy (non-hydrogen) atoms. The highest BCUT2D eigenvalue weighted by atomic mass is 16.1. The highest BCUT2D eigenvalue weighted by molar-refractivity contribution is 5.91. The van der Waals surface area contributed by atoms with Crippen molar-refractivity contribution in [2.45, 2.75) is 65.2 Å². The average molecular weight is 360 g/mol. The Hall–Kier alpha value is -1.45. The smallest absolute Gasteiger partial charge is 0.209 e. The molecule has 0 N–H and O–H groups in total. The Kier molecular flexibility index (Phi) is 5.15. The Morgan fingerprint density at radius 1 is 0.962 bits per heavy atom. The first kappa shape index (κ1) is 19.3. The van der Waals surface area contributed by atoms with Crippen molar-refractivity contribution in [3.63, 3.8) is 0 Å². The van der Waals surface area contributed by atoms with Crippen LogP contribution in [0.4, 0.5) is 0 Å². The van der Waals surface area contributed by atoms with Crippen LogP contribution in [0.25, 0.3) is 0 Å². The average Bonchev–Trinajstić information content (AvgIpc) is 2.91. The van der Waals surface area contributed by atoms with Crippen molar-refractivity contribution >= 4 is 18.0 Å². The third-order valence-corrected chi connectivity index (χ3v) is 7.88. The quantitative estimate of drug-likeness (QED) is 0.669. The Labute approximate surface area is 157 Å². The molecule has 4 nitrogen and oxygen atoms in total. The van der Waals surface area contributed by atoms with E-state index in [9.17, 15) is 14.4 Å². The second-order valence-corrected chi connectivity index (χ2v) is 9.46. The van der Waals surface area contributed by atoms with Gasteiger partial charge in [0.25, 0.3) is 0 Å². The number of rotatable bonds is 1. The van der Waals surface area contributed by atoms with Gasteiger partial charge in [-0.05, 0) is 67.8 Å². The van der Waals surface area contributed by atoms with Crippen LogP contribution in [0.2, 0.25) is 0 Å². The summed E-state index contributed by atoms with van der Waals surface area (Å²) in [6, 6.07) is 0. The first-order valence-electron chi connectivity index (χ1n) is 10.1. The highest BCUT2D eigenvalue weighted by Crippen LogP contribution is 2.64. The number of fused-ring (bicyclic) bond motifs is 5. The molecule has 0 aromatic carbocycles. The number of allylic oxidation sites excluding steroid dienone is 1. The van der Waals surface area contributed by atoms with E-state index >= 15 is 0 Å². The minimum Gasteiger partial charge on any atom is -0.351 e. The van der Waals surface area contributed by atoms with Gasteiger partial charge in [-0.25, -0.2) is 0 Å². The van der Waals surface area contributed by atoms with E-state index < -0.39 is 0 Å². The standard InChI is InChI=1S/C19H26O2.C3H7NO/c1-18-9-7-13(20)11-12(18)3-4-14-15-5-6-17(21)19(15,2)10-8-16(14)18;1-4(2)3-5/h11,14-16H,3-10H2,1-2H3;3H,1-2H3/t14-,15-,16-,18-,19-;/m0./s1. The van der Waals surface area contributed by atoms with Crippen LogP contribution in [0.5, 0.6) is 0 Å². The van der Waals surface area contributed by atoms with Gasteiger partial charge in [-0.3, -0.25) is 14.4 Å². The van der Waals surface area contributed by atoms with Crippen LogP contribution in [0.1, 0.15) is 65.2 Å². The Bertz CT molecular complexity index is 637. The molecule has 3 saturated carbocycles. The largest absolute Gasteiger partial charge is 0.351 e. The van der Waals surface area contributed by atoms with Crippen molar-refractivity contribution in [1.82, 2.24) is 4.90 Å². The monoisotopic (exact) mass is 359 g/mol. The van der Waals surface area contributed by atoms with Gasteiger partial charge >= 0.3 is 0 Å². The topological polar surface area (TPSA) is 54.5 Å². The maximum absolute atomic E-state index is 12.4. The van der Waals surface area contributed by atoms with Gasteiger partial charge in [-0.15, -0.1) is 0 Å². The van der Waals surface area contributed by atoms with Gasteiger partial charge in [-0.2, -0.15) is 0 Å². The maximum atomic E-state index is 12.4. The summed E-state index contributed by atoms with van der Waals surface area (Å²) >= 11 is 0. The second kappa shape index (κ2) is 6.94. The lowest BCUT2D eigenvalue weighted by molar-refractivity contribution is -0.132. The minimum atomic E-state index is -0.0246. The van der Waals surface area contributed by atoms with Crippen molar-refractivity contribution in [1.29, 1.82) is 0 Å². The molecule has 0 saturated heterocycles. The summed E-state index contributed by atoms with van der Waals surface area (Å²) in [4.78, 5) is 35.0. The van der Waals surface area contributed by atoms with Crippen molar-refractivity contribution in [2.24, 2.45) is 28.6 Å². The molecule has 4 aliphatic rings. The summed E-state index contributed by atoms with van der Waals surface area (Å²) in [5.41, 5.74) is 1.64. The molecule has 0 aromatic heterocycles. The van der Waals surface area contributed by atoms with Gasteiger partial charge in [0, 0.05) is 32.4 Å². The van der Waals surface area contributed by atoms with E-state index in [1.54, 1.807) is 14.1 Å². The second-order valence-electron chi connectivity index (χ2n) is 9.46. The number of carbonyl (C=O) groups is 3. The van der Waals surface area contributed by atoms with Crippen molar-refractivity contribution in [3.05, 3.63) is 11.6 Å². The molecule has 0 spiro atoms. The number of carbonyl (C=O) groups excluding carboxylic acids is 3. The summed E-state index contributed by atoms with van der Waals surface area (Å²) in [6.07, 6.45) is 11.0. The fraction of sp³-hybridized carbons (Fsp3) is 0.773. The summed E-state index contributed by atoms with van der Waals surface area (Å²) in [7, 11) is 3.38. The zero-order valence-electron chi connectivity index (χ0n) is 16.7. The van der Waals surface area contributed by atoms with E-state index in [-0.39, 0.29) is 10.8 Å². The molecule has 0 heterocycles. The SMILES string of the molecule is CN(C)C=O.C[C@]12CCC(=O)C=C1CC[C@@H]1[C@@H]2CC[C@]2(C)C(=O)CC[C@@H]12. The molecule has 0 aliphatic heterocycles. The van der Waals surface area contributed by atoms with Crippen LogP contribution in [0, 0.1) is 28.6 Å². The number of amides is 1. The van der Waals surface area contributed by atoms with E-state index in [1.165, 1.54) is 23.3 Å². The lowest BCUT2D eigenvalue weighted by Gasteiger charge is -2.56. The third-order valence-electron chi connectivity index (χ3n) is 7.88. The zero-order chi connectivity index (χ0) is 19.1. The van der Waals surface area contributed by atoms with Crippen LogP contribution in [0.15, 0.2) is 11.6 Å². The Balaban J connectivity index is 0.000000349. The van der Waals surface area contributed by atoms with Gasteiger partial charge in [-0.1, -0.05) is 19.4 Å². The summed E-state index contributed by atoms with van der Waals surface area (Å²) < 4.78 is 0. The van der Waals surface area contributed by atoms with Gasteiger partial charge < -0.3 is 4.90 Å². The fourth-order valence-electron chi connectivity index (χ4n) is 6.33. The lowest BCUT2D eigenvalue weighted by Crippen LogP contribution is -2.50. The van der Waals surface area contributed by atoms with Gasteiger partial charge in [0.1, 0.15) is 5.78 Å². The molecule has 144 valence electrons. The highest BCUT2D eigenvalue weighted by Gasteiger charge is 2.58. The molecule has 4 rings (SSSR count). The van der Waals surface area contributed by atoms with Gasteiger partial charge in [0.05, 0.1) is 0 Å². The van der Waals surface area contributed by atoms with E-state index in [1.807, 2.05) is 6.08 Å². The summed E-state index contributed by atoms with van der Waals surface area (Å²) in [5, 5.41) is 0. The van der Waals surface area contributed by atoms with Crippen LogP contribution in [0.3, 0.4) is 0 Å². The number of hydrogen-bond donors (Lipinski definition) is 0. The molecule has 4 aliphatic carbocycles. The van der Waals surface area contributed by atoms with E-state index in [0.717, 1.165) is 44.9 Å². The third kappa shape index (κ3) is 3.05. The molecule has 0 radical (unpaired) electrons. The van der Waals surface area contributed by atoms with Crippen LogP contribution in [-0.4, -0.2) is 37.0 Å². The normalized spacial score (nSPS) is 41.1. The fourth-order valence-corrected chi connectivity index (χ4v) is 6.33. The Morgan fingerprint density at radius 2 is 1.62 bits per heavy atom. The summed E-state index contributed by atoms with van der Waals surface area (Å²) in [6.45, 7) is 4.64. The van der Waals surface area contributed by atoms with Crippen LogP contribution in [-0.2, 0) is 14.4 Å². The molecule has 1 amide bonds. The van der Waals surface area contributed by atoms with Crippen molar-refractivity contribution in [3.8, 4) is 0 Å². The molecule has 0 aromatic rings. The van der Waals surface area contributed by atoms with E-state index in [4.69, 9.17) is 0 Å². The molecule has 3 fully saturated rings. The van der Waals surface area contributed by atoms with Crippen LogP contribution >= 0.6 is 0 Å². The minimum absolute atomic E-state index is 0.0246. The maximum Gasteiger partial charge on any atom is 0.209 e. The molecule has 0 unspecified atom stereocenters. The van der Waals surface area contributed by atoms with E-state index in [0.29, 0.717) is 29.3 Å². The van der Waals surface area contributed by atoms with Crippen molar-refractivity contribution < 1.29 is 14.4 Å². The predicted octanol–water partition coefficient (Wildman–Crippen LogP) is 3.79. The van der Waals surface area contributed by atoms with Crippen molar-refractivity contribution in [2.75, 3.05) is 14.1 Å². The Morgan fingerprint density at radius 3 is 2.27 bits per heavy atom. The van der Waals surface area contributed by atoms with Gasteiger partial charge in [0.2, 0.25) is 6.41 Å². The summed E-state index contributed by atoms with van der Waals surface area (Å²) in [5.74, 6) is 2.88. The molecular weight excluding hydrogens is 326 g/mol. The van der Waals surface area contributed by atoms with Crippen LogP contribution < -0.4 is 0 Å². The van der Waals surface area contributed by atoms with E-state index in [2.05, 4.69) is 13.8 Å². The first-order valence-corrected chi connectivity index (χ1v) is 10.1. The predicted molar refractivity (Wildman–Crippen MR) is 101 cm³/mol. The number of nitrogens with zero attached hydrogens (tertiary/aromatic N) is 1. The molecule has 4 heteroatoms. The molecular formula is C22H33NO3. The van der Waals surface area contributed by atoms with Gasteiger partial charge in [0.15, 0.2) is 5.78 Å².